The van der Waals surface area contributed by atoms with Gasteiger partial charge in [-0.3, -0.25) is 4.79 Å². The summed E-state index contributed by atoms with van der Waals surface area (Å²) in [7, 11) is 0. The molecule has 0 radical (unpaired) electrons. The van der Waals surface area contributed by atoms with Crippen molar-refractivity contribution in [2.75, 3.05) is 26.2 Å². The molecule has 2 fully saturated rings. The van der Waals surface area contributed by atoms with Crippen LogP contribution in [0, 0.1) is 11.8 Å². The van der Waals surface area contributed by atoms with Gasteiger partial charge in [0.05, 0.1) is 0 Å². The van der Waals surface area contributed by atoms with E-state index in [1.165, 1.54) is 12.8 Å². The van der Waals surface area contributed by atoms with E-state index in [1.54, 1.807) is 4.90 Å². The third-order valence-electron chi connectivity index (χ3n) is 3.21. The predicted molar refractivity (Wildman–Crippen MR) is 51.9 cm³/mol. The molecule has 2 saturated heterocycles. The maximum Gasteiger partial charge on any atom is 0.316 e. The number of hydrogen-bond acceptors (Lipinski definition) is 2. The Labute approximate surface area is 83.4 Å². The summed E-state index contributed by atoms with van der Waals surface area (Å²) in [6.07, 6.45) is 2.37. The van der Waals surface area contributed by atoms with Crippen molar-refractivity contribution >= 4 is 17.0 Å². The Morgan fingerprint density at radius 1 is 1.23 bits per heavy atom. The fourth-order valence-electron chi connectivity index (χ4n) is 2.44. The van der Waals surface area contributed by atoms with Crippen LogP contribution in [-0.2, 0) is 0 Å². The van der Waals surface area contributed by atoms with Gasteiger partial charge in [0, 0.05) is 13.1 Å². The van der Waals surface area contributed by atoms with E-state index in [1.807, 2.05) is 0 Å². The summed E-state index contributed by atoms with van der Waals surface area (Å²) in [5.74, 6) is 1.36. The van der Waals surface area contributed by atoms with Crippen LogP contribution in [0.5, 0.6) is 0 Å². The highest BCUT2D eigenvalue weighted by Crippen LogP contribution is 2.30. The Hall–Kier alpha value is -0.280. The van der Waals surface area contributed by atoms with E-state index >= 15 is 0 Å². The van der Waals surface area contributed by atoms with Gasteiger partial charge >= 0.3 is 5.37 Å². The molecular weight excluding hydrogens is 188 g/mol. The molecule has 74 valence electrons. The molecule has 1 amide bonds. The fraction of sp³-hybridized carbons (Fsp3) is 0.889. The minimum atomic E-state index is -0.277. The van der Waals surface area contributed by atoms with Gasteiger partial charge in [0.25, 0.3) is 0 Å². The first kappa shape index (κ1) is 9.28. The first-order valence-electron chi connectivity index (χ1n) is 4.92. The predicted octanol–water partition coefficient (Wildman–Crippen LogP) is 1.28. The molecule has 0 bridgehead atoms. The van der Waals surface area contributed by atoms with E-state index in [4.69, 9.17) is 11.6 Å². The highest BCUT2D eigenvalue weighted by atomic mass is 35.5. The Bertz CT molecular complexity index is 196. The number of carbonyl (C=O) groups is 1. The van der Waals surface area contributed by atoms with E-state index < -0.39 is 0 Å². The van der Waals surface area contributed by atoms with Crippen molar-refractivity contribution in [1.82, 2.24) is 10.2 Å². The quantitative estimate of drug-likeness (QED) is 0.474. The van der Waals surface area contributed by atoms with Crippen molar-refractivity contribution in [3.05, 3.63) is 0 Å². The molecule has 0 aliphatic carbocycles. The molecule has 13 heavy (non-hydrogen) atoms. The lowest BCUT2D eigenvalue weighted by Crippen LogP contribution is -2.25. The second-order valence-corrected chi connectivity index (χ2v) is 4.33. The van der Waals surface area contributed by atoms with Gasteiger partial charge in [-0.15, -0.1) is 0 Å². The van der Waals surface area contributed by atoms with Gasteiger partial charge in [-0.2, -0.15) is 0 Å². The molecule has 2 heterocycles. The van der Waals surface area contributed by atoms with Gasteiger partial charge in [-0.25, -0.2) is 0 Å². The third-order valence-corrected chi connectivity index (χ3v) is 3.45. The number of likely N-dealkylation sites (tertiary alicyclic amines) is 1. The zero-order valence-electron chi connectivity index (χ0n) is 7.63. The zero-order valence-corrected chi connectivity index (χ0v) is 8.39. The van der Waals surface area contributed by atoms with Crippen molar-refractivity contribution < 1.29 is 4.79 Å². The van der Waals surface area contributed by atoms with Crippen LogP contribution in [-0.4, -0.2) is 36.4 Å². The van der Waals surface area contributed by atoms with Crippen LogP contribution in [0.15, 0.2) is 0 Å². The van der Waals surface area contributed by atoms with E-state index in [9.17, 15) is 4.79 Å². The molecule has 2 aliphatic heterocycles. The maximum atomic E-state index is 11.0. The van der Waals surface area contributed by atoms with Crippen LogP contribution in [0.25, 0.3) is 0 Å². The Morgan fingerprint density at radius 3 is 2.23 bits per heavy atom. The van der Waals surface area contributed by atoms with Crippen LogP contribution < -0.4 is 5.32 Å². The number of hydrogen-bond donors (Lipinski definition) is 1. The van der Waals surface area contributed by atoms with Crippen molar-refractivity contribution in [3.63, 3.8) is 0 Å². The smallest absolute Gasteiger partial charge is 0.316 e. The molecule has 4 heteroatoms. The monoisotopic (exact) mass is 202 g/mol. The molecule has 3 nitrogen and oxygen atoms in total. The van der Waals surface area contributed by atoms with E-state index in [2.05, 4.69) is 5.32 Å². The topological polar surface area (TPSA) is 32.3 Å². The van der Waals surface area contributed by atoms with Crippen molar-refractivity contribution in [3.8, 4) is 0 Å². The number of nitrogens with one attached hydrogen (secondary N) is 1. The SMILES string of the molecule is O=C(Cl)N1CC2CCNCCC2C1. The summed E-state index contributed by atoms with van der Waals surface area (Å²) in [4.78, 5) is 12.7. The number of rotatable bonds is 0. The Morgan fingerprint density at radius 2 is 1.77 bits per heavy atom. The van der Waals surface area contributed by atoms with E-state index in [0.717, 1.165) is 26.2 Å². The zero-order chi connectivity index (χ0) is 9.26. The van der Waals surface area contributed by atoms with Crippen LogP contribution in [0.2, 0.25) is 0 Å². The standard InChI is InChI=1S/C9H15ClN2O/c10-9(13)12-5-7-1-3-11-4-2-8(7)6-12/h7-8,11H,1-6H2. The molecule has 0 aromatic carbocycles. The number of nitrogens with zero attached hydrogens (tertiary/aromatic N) is 1. The number of fused-ring (bicyclic) bond motifs is 1. The van der Waals surface area contributed by atoms with Gasteiger partial charge < -0.3 is 10.2 Å². The average molecular weight is 203 g/mol. The molecule has 0 saturated carbocycles. The third kappa shape index (κ3) is 1.97. The summed E-state index contributed by atoms with van der Waals surface area (Å²) in [5.41, 5.74) is 0. The number of amides is 1. The largest absolute Gasteiger partial charge is 0.329 e. The summed E-state index contributed by atoms with van der Waals surface area (Å²) < 4.78 is 0. The lowest BCUT2D eigenvalue weighted by atomic mass is 9.92. The summed E-state index contributed by atoms with van der Waals surface area (Å²) in [5, 5.41) is 3.11. The molecule has 0 aromatic rings. The van der Waals surface area contributed by atoms with Gasteiger partial charge in [0.2, 0.25) is 0 Å². The second-order valence-electron chi connectivity index (χ2n) is 4.01. The highest BCUT2D eigenvalue weighted by molar-refractivity contribution is 6.62. The molecule has 0 spiro atoms. The number of carbonyl (C=O) groups excluding carboxylic acids is 1. The minimum absolute atomic E-state index is 0.277. The molecule has 1 N–H and O–H groups in total. The molecule has 0 aromatic heterocycles. The van der Waals surface area contributed by atoms with Crippen LogP contribution in [0.1, 0.15) is 12.8 Å². The molecule has 2 unspecified atom stereocenters. The summed E-state index contributed by atoms with van der Waals surface area (Å²) >= 11 is 5.46. The normalized spacial score (nSPS) is 34.1. The average Bonchev–Trinajstić information content (AvgIpc) is 2.38. The first-order valence-corrected chi connectivity index (χ1v) is 5.30. The van der Waals surface area contributed by atoms with E-state index in [0.29, 0.717) is 11.8 Å². The van der Waals surface area contributed by atoms with Crippen molar-refractivity contribution in [1.29, 1.82) is 0 Å². The lowest BCUT2D eigenvalue weighted by molar-refractivity contribution is 0.229. The van der Waals surface area contributed by atoms with Crippen molar-refractivity contribution in [2.24, 2.45) is 11.8 Å². The fourth-order valence-corrected chi connectivity index (χ4v) is 2.57. The lowest BCUT2D eigenvalue weighted by Gasteiger charge is -2.11. The first-order chi connectivity index (χ1) is 6.27. The van der Waals surface area contributed by atoms with Crippen LogP contribution >= 0.6 is 11.6 Å². The Kier molecular flexibility index (Phi) is 2.74. The van der Waals surface area contributed by atoms with Crippen molar-refractivity contribution in [2.45, 2.75) is 12.8 Å². The van der Waals surface area contributed by atoms with Crippen LogP contribution in [0.4, 0.5) is 4.79 Å². The molecule has 2 rings (SSSR count). The summed E-state index contributed by atoms with van der Waals surface area (Å²) in [6.45, 7) is 3.92. The van der Waals surface area contributed by atoms with Gasteiger partial charge in [0.1, 0.15) is 0 Å². The van der Waals surface area contributed by atoms with Crippen LogP contribution in [0.3, 0.4) is 0 Å². The minimum Gasteiger partial charge on any atom is -0.329 e. The maximum absolute atomic E-state index is 11.0. The second kappa shape index (κ2) is 3.84. The molecule has 2 atom stereocenters. The highest BCUT2D eigenvalue weighted by Gasteiger charge is 2.34. The van der Waals surface area contributed by atoms with Gasteiger partial charge in [0.15, 0.2) is 0 Å². The Balaban J connectivity index is 1.97. The van der Waals surface area contributed by atoms with Gasteiger partial charge in [-0.05, 0) is 49.4 Å². The van der Waals surface area contributed by atoms with Gasteiger partial charge in [-0.1, -0.05) is 0 Å². The molecule has 2 aliphatic rings. The molecular formula is C9H15ClN2O. The number of halogens is 1. The summed E-state index contributed by atoms with van der Waals surface area (Å²) in [6, 6.07) is 0. The van der Waals surface area contributed by atoms with E-state index in [-0.39, 0.29) is 5.37 Å².